The van der Waals surface area contributed by atoms with Crippen LogP contribution in [-0.2, 0) is 0 Å². The summed E-state index contributed by atoms with van der Waals surface area (Å²) in [4.78, 5) is 13.2. The first-order valence-electron chi connectivity index (χ1n) is 6.27. The van der Waals surface area contributed by atoms with E-state index in [0.717, 1.165) is 32.0 Å². The summed E-state index contributed by atoms with van der Waals surface area (Å²) in [6.45, 7) is 8.76. The smallest absolute Gasteiger partial charge is 0.147 e. The molecule has 17 heavy (non-hydrogen) atoms. The van der Waals surface area contributed by atoms with Crippen molar-refractivity contribution in [1.82, 2.24) is 14.9 Å². The number of nitrogens with two attached hydrogens (primary N) is 1. The molecule has 0 saturated carbocycles. The van der Waals surface area contributed by atoms with E-state index >= 15 is 0 Å². The maximum absolute atomic E-state index is 5.54. The molecule has 1 aromatic heterocycles. The van der Waals surface area contributed by atoms with Gasteiger partial charge >= 0.3 is 0 Å². The SMILES string of the molecule is CCC(C)N1CCN(c2cnc(N)cn2)CC1. The molecule has 0 bridgehead atoms. The van der Waals surface area contributed by atoms with Gasteiger partial charge in [0.05, 0.1) is 12.4 Å². The lowest BCUT2D eigenvalue weighted by atomic mass is 10.2. The number of hydrogen-bond acceptors (Lipinski definition) is 5. The maximum atomic E-state index is 5.54. The Balaban J connectivity index is 1.93. The van der Waals surface area contributed by atoms with Crippen LogP contribution in [0.5, 0.6) is 0 Å². The molecule has 94 valence electrons. The molecule has 5 heteroatoms. The summed E-state index contributed by atoms with van der Waals surface area (Å²) in [7, 11) is 0. The van der Waals surface area contributed by atoms with Gasteiger partial charge in [0.25, 0.3) is 0 Å². The van der Waals surface area contributed by atoms with Gasteiger partial charge in [-0.25, -0.2) is 9.97 Å². The van der Waals surface area contributed by atoms with Crippen molar-refractivity contribution in [1.29, 1.82) is 0 Å². The summed E-state index contributed by atoms with van der Waals surface area (Å²) >= 11 is 0. The molecular formula is C12H21N5. The van der Waals surface area contributed by atoms with Crippen molar-refractivity contribution in [2.75, 3.05) is 36.8 Å². The second-order valence-corrected chi connectivity index (χ2v) is 4.58. The number of nitrogen functional groups attached to an aromatic ring is 1. The third-order valence-electron chi connectivity index (χ3n) is 3.51. The van der Waals surface area contributed by atoms with E-state index in [1.54, 1.807) is 12.4 Å². The highest BCUT2D eigenvalue weighted by atomic mass is 15.3. The first-order valence-corrected chi connectivity index (χ1v) is 6.27. The number of anilines is 2. The summed E-state index contributed by atoms with van der Waals surface area (Å²) in [6, 6.07) is 0.676. The average molecular weight is 235 g/mol. The van der Waals surface area contributed by atoms with Crippen molar-refractivity contribution in [2.45, 2.75) is 26.3 Å². The molecule has 0 spiro atoms. The van der Waals surface area contributed by atoms with Gasteiger partial charge in [-0.3, -0.25) is 4.90 Å². The number of aromatic nitrogens is 2. The Kier molecular flexibility index (Phi) is 3.78. The summed E-state index contributed by atoms with van der Waals surface area (Å²) in [5.41, 5.74) is 5.54. The van der Waals surface area contributed by atoms with Crippen LogP contribution in [0.4, 0.5) is 11.6 Å². The van der Waals surface area contributed by atoms with E-state index in [1.807, 2.05) is 0 Å². The van der Waals surface area contributed by atoms with Crippen molar-refractivity contribution in [3.8, 4) is 0 Å². The van der Waals surface area contributed by atoms with E-state index in [4.69, 9.17) is 5.73 Å². The maximum Gasteiger partial charge on any atom is 0.147 e. The van der Waals surface area contributed by atoms with Crippen molar-refractivity contribution < 1.29 is 0 Å². The predicted octanol–water partition coefficient (Wildman–Crippen LogP) is 0.979. The zero-order valence-electron chi connectivity index (χ0n) is 10.6. The summed E-state index contributed by atoms with van der Waals surface area (Å²) in [5.74, 6) is 1.41. The Morgan fingerprint density at radius 1 is 1.24 bits per heavy atom. The molecule has 2 rings (SSSR count). The van der Waals surface area contributed by atoms with Gasteiger partial charge in [-0.05, 0) is 13.3 Å². The minimum atomic E-state index is 0.479. The van der Waals surface area contributed by atoms with Gasteiger partial charge in [0.1, 0.15) is 11.6 Å². The Bertz CT molecular complexity index is 342. The fourth-order valence-corrected chi connectivity index (χ4v) is 2.14. The molecule has 0 radical (unpaired) electrons. The summed E-state index contributed by atoms with van der Waals surface area (Å²) in [5, 5.41) is 0. The van der Waals surface area contributed by atoms with E-state index in [0.29, 0.717) is 11.9 Å². The first-order chi connectivity index (χ1) is 8.20. The molecule has 0 aliphatic carbocycles. The monoisotopic (exact) mass is 235 g/mol. The van der Waals surface area contributed by atoms with Gasteiger partial charge in [-0.15, -0.1) is 0 Å². The largest absolute Gasteiger partial charge is 0.382 e. The Hall–Kier alpha value is -1.36. The molecule has 1 saturated heterocycles. The van der Waals surface area contributed by atoms with Crippen LogP contribution in [0.25, 0.3) is 0 Å². The van der Waals surface area contributed by atoms with Gasteiger partial charge < -0.3 is 10.6 Å². The van der Waals surface area contributed by atoms with E-state index in [9.17, 15) is 0 Å². The van der Waals surface area contributed by atoms with Gasteiger partial charge in [-0.1, -0.05) is 6.92 Å². The molecule has 1 fully saturated rings. The Morgan fingerprint density at radius 3 is 2.47 bits per heavy atom. The average Bonchev–Trinajstić information content (AvgIpc) is 2.39. The van der Waals surface area contributed by atoms with Crippen molar-refractivity contribution >= 4 is 11.6 Å². The predicted molar refractivity (Wildman–Crippen MR) is 70.0 cm³/mol. The summed E-state index contributed by atoms with van der Waals surface area (Å²) < 4.78 is 0. The van der Waals surface area contributed by atoms with E-state index in [-0.39, 0.29) is 0 Å². The van der Waals surface area contributed by atoms with Crippen molar-refractivity contribution in [2.24, 2.45) is 0 Å². The Labute approximate surface area is 103 Å². The van der Waals surface area contributed by atoms with Crippen LogP contribution >= 0.6 is 0 Å². The molecular weight excluding hydrogens is 214 g/mol. The number of hydrogen-bond donors (Lipinski definition) is 1. The number of nitrogens with zero attached hydrogens (tertiary/aromatic N) is 4. The minimum absolute atomic E-state index is 0.479. The highest BCUT2D eigenvalue weighted by molar-refractivity contribution is 5.39. The molecule has 5 nitrogen and oxygen atoms in total. The lowest BCUT2D eigenvalue weighted by Gasteiger charge is -2.38. The van der Waals surface area contributed by atoms with Crippen LogP contribution in [0.1, 0.15) is 20.3 Å². The number of piperazine rings is 1. The van der Waals surface area contributed by atoms with Crippen LogP contribution in [0.15, 0.2) is 12.4 Å². The molecule has 1 aliphatic heterocycles. The lowest BCUT2D eigenvalue weighted by molar-refractivity contribution is 0.192. The molecule has 1 atom stereocenters. The fraction of sp³-hybridized carbons (Fsp3) is 0.667. The first kappa shape index (κ1) is 12.1. The lowest BCUT2D eigenvalue weighted by Crippen LogP contribution is -2.49. The normalized spacial score (nSPS) is 19.3. The van der Waals surface area contributed by atoms with Gasteiger partial charge in [0.15, 0.2) is 0 Å². The second kappa shape index (κ2) is 5.31. The highest BCUT2D eigenvalue weighted by Crippen LogP contribution is 2.14. The third-order valence-corrected chi connectivity index (χ3v) is 3.51. The van der Waals surface area contributed by atoms with E-state index < -0.39 is 0 Å². The molecule has 0 amide bonds. The van der Waals surface area contributed by atoms with Crippen LogP contribution in [-0.4, -0.2) is 47.1 Å². The molecule has 2 N–H and O–H groups in total. The standard InChI is InChI=1S/C12H21N5/c1-3-10(2)16-4-6-17(7-5-16)12-9-14-11(13)8-15-12/h8-10H,3-7H2,1-2H3,(H2,13,14). The summed E-state index contributed by atoms with van der Waals surface area (Å²) in [6.07, 6.45) is 4.59. The minimum Gasteiger partial charge on any atom is -0.382 e. The van der Waals surface area contributed by atoms with E-state index in [1.165, 1.54) is 6.42 Å². The molecule has 2 heterocycles. The zero-order chi connectivity index (χ0) is 12.3. The second-order valence-electron chi connectivity index (χ2n) is 4.58. The quantitative estimate of drug-likeness (QED) is 0.846. The molecule has 0 aromatic carbocycles. The fourth-order valence-electron chi connectivity index (χ4n) is 2.14. The van der Waals surface area contributed by atoms with Gasteiger partial charge in [0, 0.05) is 32.2 Å². The molecule has 1 aliphatic rings. The Morgan fingerprint density at radius 2 is 1.94 bits per heavy atom. The van der Waals surface area contributed by atoms with Crippen molar-refractivity contribution in [3.05, 3.63) is 12.4 Å². The number of rotatable bonds is 3. The third kappa shape index (κ3) is 2.85. The molecule has 1 aromatic rings. The zero-order valence-corrected chi connectivity index (χ0v) is 10.6. The van der Waals surface area contributed by atoms with Crippen LogP contribution in [0.3, 0.4) is 0 Å². The van der Waals surface area contributed by atoms with Gasteiger partial charge in [-0.2, -0.15) is 0 Å². The van der Waals surface area contributed by atoms with Gasteiger partial charge in [0.2, 0.25) is 0 Å². The van der Waals surface area contributed by atoms with Crippen molar-refractivity contribution in [3.63, 3.8) is 0 Å². The van der Waals surface area contributed by atoms with E-state index in [2.05, 4.69) is 33.6 Å². The van der Waals surface area contributed by atoms with Crippen LogP contribution in [0, 0.1) is 0 Å². The van der Waals surface area contributed by atoms with Crippen LogP contribution in [0.2, 0.25) is 0 Å². The molecule has 1 unspecified atom stereocenters. The topological polar surface area (TPSA) is 58.3 Å². The highest BCUT2D eigenvalue weighted by Gasteiger charge is 2.20. The van der Waals surface area contributed by atoms with Crippen LogP contribution < -0.4 is 10.6 Å².